The third kappa shape index (κ3) is 3.22. The Labute approximate surface area is 162 Å². The molecule has 0 aliphatic carbocycles. The van der Waals surface area contributed by atoms with Crippen LogP contribution in [0.5, 0.6) is 5.75 Å². The van der Waals surface area contributed by atoms with E-state index in [1.165, 1.54) is 45.9 Å². The smallest absolute Gasteiger partial charge is 0.284 e. The fourth-order valence-electron chi connectivity index (χ4n) is 2.94. The van der Waals surface area contributed by atoms with Gasteiger partial charge in [0.25, 0.3) is 11.6 Å². The Morgan fingerprint density at radius 3 is 2.67 bits per heavy atom. The molecule has 0 radical (unpaired) electrons. The van der Waals surface area contributed by atoms with E-state index in [1.807, 2.05) is 22.9 Å². The number of thiophene rings is 2. The first-order valence-corrected chi connectivity index (χ1v) is 9.76. The van der Waals surface area contributed by atoms with E-state index in [0.29, 0.717) is 17.0 Å². The number of amides is 1. The summed E-state index contributed by atoms with van der Waals surface area (Å²) < 4.78 is 0. The molecule has 9 heteroatoms. The molecule has 0 saturated carbocycles. The molecule has 27 heavy (non-hydrogen) atoms. The molecule has 1 atom stereocenters. The molecule has 3 heterocycles. The van der Waals surface area contributed by atoms with Crippen LogP contribution in [0.1, 0.15) is 32.6 Å². The molecule has 1 amide bonds. The molecule has 136 valence electrons. The summed E-state index contributed by atoms with van der Waals surface area (Å²) in [6.45, 7) is 0. The van der Waals surface area contributed by atoms with E-state index in [-0.39, 0.29) is 28.9 Å². The van der Waals surface area contributed by atoms with E-state index in [1.54, 1.807) is 12.1 Å². The fourth-order valence-corrected chi connectivity index (χ4v) is 4.41. The molecule has 1 N–H and O–H groups in total. The molecule has 0 spiro atoms. The normalized spacial score (nSPS) is 16.4. The van der Waals surface area contributed by atoms with E-state index < -0.39 is 4.92 Å². The molecular weight excluding hydrogens is 386 g/mol. The number of carbonyl (C=O) groups excluding carboxylic acids is 1. The Morgan fingerprint density at radius 1 is 1.22 bits per heavy atom. The lowest BCUT2D eigenvalue weighted by atomic mass is 10.0. The van der Waals surface area contributed by atoms with Gasteiger partial charge in [-0.25, -0.2) is 5.01 Å². The number of rotatable bonds is 4. The Hall–Kier alpha value is -3.04. The summed E-state index contributed by atoms with van der Waals surface area (Å²) in [5.41, 5.74) is 0.577. The van der Waals surface area contributed by atoms with Crippen LogP contribution < -0.4 is 0 Å². The van der Waals surface area contributed by atoms with Crippen molar-refractivity contribution in [2.45, 2.75) is 12.5 Å². The van der Waals surface area contributed by atoms with Gasteiger partial charge in [0.1, 0.15) is 5.75 Å². The molecule has 0 bridgehead atoms. The predicted octanol–water partition coefficient (Wildman–Crippen LogP) is 4.41. The lowest BCUT2D eigenvalue weighted by Crippen LogP contribution is -2.25. The lowest BCUT2D eigenvalue weighted by Gasteiger charge is -2.19. The number of benzene rings is 1. The predicted molar refractivity (Wildman–Crippen MR) is 103 cm³/mol. The number of nitro benzene ring substituents is 1. The van der Waals surface area contributed by atoms with Gasteiger partial charge in [-0.3, -0.25) is 14.9 Å². The van der Waals surface area contributed by atoms with E-state index in [2.05, 4.69) is 5.10 Å². The molecular formula is C18H13N3O4S2. The van der Waals surface area contributed by atoms with Crippen molar-refractivity contribution < 1.29 is 14.8 Å². The quantitative estimate of drug-likeness (QED) is 0.519. The highest BCUT2D eigenvalue weighted by molar-refractivity contribution is 7.12. The number of carbonyl (C=O) groups is 1. The van der Waals surface area contributed by atoms with Gasteiger partial charge in [0, 0.05) is 29.0 Å². The van der Waals surface area contributed by atoms with Crippen molar-refractivity contribution in [1.29, 1.82) is 0 Å². The number of hydrazone groups is 1. The van der Waals surface area contributed by atoms with Crippen LogP contribution >= 0.6 is 22.7 Å². The van der Waals surface area contributed by atoms with Gasteiger partial charge in [0.2, 0.25) is 0 Å². The van der Waals surface area contributed by atoms with Gasteiger partial charge in [0.15, 0.2) is 0 Å². The standard InChI is InChI=1S/C18H13N3O4S2/c22-15-6-5-11(21(24)25)9-12(15)13-10-14(16-3-1-7-26-16)20(19-13)18(23)17-4-2-8-27-17/h1-9,14,22H,10H2. The Balaban J connectivity index is 1.76. The molecule has 7 nitrogen and oxygen atoms in total. The summed E-state index contributed by atoms with van der Waals surface area (Å²) in [7, 11) is 0. The molecule has 1 aromatic carbocycles. The molecule has 0 fully saturated rings. The Kier molecular flexibility index (Phi) is 4.46. The zero-order chi connectivity index (χ0) is 19.0. The summed E-state index contributed by atoms with van der Waals surface area (Å²) in [4.78, 5) is 25.0. The van der Waals surface area contributed by atoms with Crippen molar-refractivity contribution in [3.8, 4) is 5.75 Å². The van der Waals surface area contributed by atoms with Crippen molar-refractivity contribution in [2.75, 3.05) is 0 Å². The van der Waals surface area contributed by atoms with Crippen LogP contribution in [0.3, 0.4) is 0 Å². The first kappa shape index (κ1) is 17.4. The van der Waals surface area contributed by atoms with Gasteiger partial charge in [-0.2, -0.15) is 5.10 Å². The summed E-state index contributed by atoms with van der Waals surface area (Å²) in [6, 6.07) is 10.8. The van der Waals surface area contributed by atoms with Crippen LogP contribution in [0.2, 0.25) is 0 Å². The van der Waals surface area contributed by atoms with E-state index in [4.69, 9.17) is 0 Å². The topological polar surface area (TPSA) is 96.0 Å². The van der Waals surface area contributed by atoms with Gasteiger partial charge in [0.05, 0.1) is 21.6 Å². The van der Waals surface area contributed by atoms with Gasteiger partial charge in [-0.15, -0.1) is 22.7 Å². The van der Waals surface area contributed by atoms with E-state index in [0.717, 1.165) is 4.88 Å². The number of phenolic OH excluding ortho intramolecular Hbond substituents is 1. The van der Waals surface area contributed by atoms with Crippen molar-refractivity contribution in [1.82, 2.24) is 5.01 Å². The van der Waals surface area contributed by atoms with Crippen molar-refractivity contribution >= 4 is 40.0 Å². The maximum Gasteiger partial charge on any atom is 0.284 e. The van der Waals surface area contributed by atoms with Gasteiger partial charge in [-0.1, -0.05) is 12.1 Å². The minimum atomic E-state index is -0.524. The second-order valence-electron chi connectivity index (χ2n) is 5.87. The van der Waals surface area contributed by atoms with E-state index in [9.17, 15) is 20.0 Å². The van der Waals surface area contributed by atoms with Crippen LogP contribution in [0.25, 0.3) is 0 Å². The van der Waals surface area contributed by atoms with Crippen molar-refractivity contribution in [3.05, 3.63) is 78.7 Å². The number of nitrogens with zero attached hydrogens (tertiary/aromatic N) is 3. The maximum atomic E-state index is 12.9. The second-order valence-corrected chi connectivity index (χ2v) is 7.79. The molecule has 1 aliphatic rings. The van der Waals surface area contributed by atoms with Gasteiger partial charge < -0.3 is 5.11 Å². The Morgan fingerprint density at radius 2 is 2.00 bits per heavy atom. The molecule has 0 saturated heterocycles. The highest BCUT2D eigenvalue weighted by Crippen LogP contribution is 2.38. The second kappa shape index (κ2) is 6.93. The van der Waals surface area contributed by atoms with Crippen LogP contribution in [-0.2, 0) is 0 Å². The minimum Gasteiger partial charge on any atom is -0.507 e. The number of non-ortho nitro benzene ring substituents is 1. The average molecular weight is 399 g/mol. The number of hydrogen-bond donors (Lipinski definition) is 1. The summed E-state index contributed by atoms with van der Waals surface area (Å²) in [5.74, 6) is -0.335. The van der Waals surface area contributed by atoms with Crippen molar-refractivity contribution in [3.63, 3.8) is 0 Å². The number of aromatic hydroxyl groups is 1. The highest BCUT2D eigenvalue weighted by Gasteiger charge is 2.35. The summed E-state index contributed by atoms with van der Waals surface area (Å²) >= 11 is 2.84. The van der Waals surface area contributed by atoms with Gasteiger partial charge in [-0.05, 0) is 29.0 Å². The first-order chi connectivity index (χ1) is 13.0. The van der Waals surface area contributed by atoms with Crippen LogP contribution in [-0.4, -0.2) is 26.7 Å². The SMILES string of the molecule is O=C(c1cccs1)N1N=C(c2cc([N+](=O)[O-])ccc2O)CC1c1cccs1. The van der Waals surface area contributed by atoms with Crippen LogP contribution in [0.15, 0.2) is 58.3 Å². The molecule has 1 aliphatic heterocycles. The highest BCUT2D eigenvalue weighted by atomic mass is 32.1. The first-order valence-electron chi connectivity index (χ1n) is 8.00. The van der Waals surface area contributed by atoms with Crippen LogP contribution in [0, 0.1) is 10.1 Å². The third-order valence-electron chi connectivity index (χ3n) is 4.22. The summed E-state index contributed by atoms with van der Waals surface area (Å²) in [5, 5.41) is 30.9. The molecule has 2 aromatic heterocycles. The molecule has 3 aromatic rings. The number of hydrogen-bond acceptors (Lipinski definition) is 7. The Bertz CT molecular complexity index is 1030. The zero-order valence-electron chi connectivity index (χ0n) is 13.8. The third-order valence-corrected chi connectivity index (χ3v) is 6.06. The maximum absolute atomic E-state index is 12.9. The van der Waals surface area contributed by atoms with Crippen LogP contribution in [0.4, 0.5) is 5.69 Å². The van der Waals surface area contributed by atoms with Gasteiger partial charge >= 0.3 is 0 Å². The number of nitro groups is 1. The monoisotopic (exact) mass is 399 g/mol. The van der Waals surface area contributed by atoms with E-state index >= 15 is 0 Å². The number of phenols is 1. The fraction of sp³-hybridized carbons (Fsp3) is 0.111. The largest absolute Gasteiger partial charge is 0.507 e. The zero-order valence-corrected chi connectivity index (χ0v) is 15.4. The molecule has 1 unspecified atom stereocenters. The molecule has 4 rings (SSSR count). The summed E-state index contributed by atoms with van der Waals surface area (Å²) in [6.07, 6.45) is 0.367. The van der Waals surface area contributed by atoms with Crippen molar-refractivity contribution in [2.24, 2.45) is 5.10 Å². The average Bonchev–Trinajstić information content (AvgIpc) is 3.41. The minimum absolute atomic E-state index is 0.102. The lowest BCUT2D eigenvalue weighted by molar-refractivity contribution is -0.384.